The van der Waals surface area contributed by atoms with Crippen molar-refractivity contribution in [3.8, 4) is 55.6 Å². The molecule has 0 spiro atoms. The molecule has 9 rings (SSSR count). The minimum atomic E-state index is -0.101. The van der Waals surface area contributed by atoms with Crippen LogP contribution in [0.5, 0.6) is 0 Å². The van der Waals surface area contributed by atoms with E-state index in [4.69, 9.17) is 0 Å². The van der Waals surface area contributed by atoms with Gasteiger partial charge in [-0.05, 0) is 103 Å². The van der Waals surface area contributed by atoms with Gasteiger partial charge in [0, 0.05) is 22.5 Å². The van der Waals surface area contributed by atoms with Gasteiger partial charge in [0.05, 0.1) is 0 Å². The Morgan fingerprint density at radius 1 is 0.288 bits per heavy atom. The molecule has 1 aliphatic carbocycles. The van der Waals surface area contributed by atoms with Crippen molar-refractivity contribution in [2.75, 3.05) is 4.90 Å². The number of fused-ring (bicyclic) bond motifs is 3. The van der Waals surface area contributed by atoms with Gasteiger partial charge in [0.15, 0.2) is 0 Å². The summed E-state index contributed by atoms with van der Waals surface area (Å²) >= 11 is 0. The first-order chi connectivity index (χ1) is 25.5. The maximum Gasteiger partial charge on any atom is 0.0468 e. The van der Waals surface area contributed by atoms with Crippen molar-refractivity contribution in [1.82, 2.24) is 0 Å². The standard InChI is InChI=1S/C51H39N/c1-51(2)49-21-13-12-20-46(49)47-33-31-44(35-50(47)51)52(42-28-26-39(27-29-42)38-24-22-37(23-25-38)36-14-6-3-7-15-36)43-30-32-45(40-16-8-4-9-17-40)48(34-43)41-18-10-5-11-19-41/h3-35H,1-2H3. The van der Waals surface area contributed by atoms with Gasteiger partial charge in [-0.15, -0.1) is 0 Å². The van der Waals surface area contributed by atoms with Gasteiger partial charge in [0.25, 0.3) is 0 Å². The maximum atomic E-state index is 2.42. The van der Waals surface area contributed by atoms with E-state index in [9.17, 15) is 0 Å². The summed E-state index contributed by atoms with van der Waals surface area (Å²) in [6, 6.07) is 72.8. The van der Waals surface area contributed by atoms with E-state index in [1.807, 2.05) is 0 Å². The Labute approximate surface area is 307 Å². The van der Waals surface area contributed by atoms with Gasteiger partial charge in [0.2, 0.25) is 0 Å². The Morgan fingerprint density at radius 2 is 0.692 bits per heavy atom. The molecular weight excluding hydrogens is 627 g/mol. The summed E-state index contributed by atoms with van der Waals surface area (Å²) in [5.74, 6) is 0. The lowest BCUT2D eigenvalue weighted by molar-refractivity contribution is 0.660. The monoisotopic (exact) mass is 665 g/mol. The van der Waals surface area contributed by atoms with Crippen molar-refractivity contribution in [2.24, 2.45) is 0 Å². The van der Waals surface area contributed by atoms with Crippen molar-refractivity contribution in [1.29, 1.82) is 0 Å². The van der Waals surface area contributed by atoms with Crippen LogP contribution in [0.2, 0.25) is 0 Å². The molecule has 0 heterocycles. The van der Waals surface area contributed by atoms with Gasteiger partial charge >= 0.3 is 0 Å². The summed E-state index contributed by atoms with van der Waals surface area (Å²) in [6.45, 7) is 4.71. The molecule has 0 amide bonds. The van der Waals surface area contributed by atoms with Gasteiger partial charge in [-0.1, -0.05) is 178 Å². The highest BCUT2D eigenvalue weighted by atomic mass is 15.1. The van der Waals surface area contributed by atoms with E-state index in [0.717, 1.165) is 17.1 Å². The molecule has 0 unspecified atom stereocenters. The molecule has 0 aromatic heterocycles. The SMILES string of the molecule is CC1(C)c2ccccc2-c2ccc(N(c3ccc(-c4ccc(-c5ccccc5)cc4)cc3)c3ccc(-c4ccccc4)c(-c4ccccc4)c3)cc21. The Morgan fingerprint density at radius 3 is 1.29 bits per heavy atom. The molecule has 0 atom stereocenters. The van der Waals surface area contributed by atoms with Crippen LogP contribution in [0.15, 0.2) is 200 Å². The van der Waals surface area contributed by atoms with Gasteiger partial charge in [-0.3, -0.25) is 0 Å². The smallest absolute Gasteiger partial charge is 0.0468 e. The van der Waals surface area contributed by atoms with Crippen LogP contribution >= 0.6 is 0 Å². The summed E-state index contributed by atoms with van der Waals surface area (Å²) in [5, 5.41) is 0. The predicted octanol–water partition coefficient (Wildman–Crippen LogP) is 14.1. The van der Waals surface area contributed by atoms with Crippen LogP contribution < -0.4 is 4.90 Å². The van der Waals surface area contributed by atoms with Crippen LogP contribution in [0.1, 0.15) is 25.0 Å². The number of hydrogen-bond donors (Lipinski definition) is 0. The fourth-order valence-corrected chi connectivity index (χ4v) is 7.96. The third-order valence-corrected chi connectivity index (χ3v) is 10.7. The topological polar surface area (TPSA) is 3.24 Å². The van der Waals surface area contributed by atoms with E-state index >= 15 is 0 Å². The summed E-state index contributed by atoms with van der Waals surface area (Å²) in [5.41, 5.74) is 18.4. The van der Waals surface area contributed by atoms with Gasteiger partial charge in [-0.2, -0.15) is 0 Å². The van der Waals surface area contributed by atoms with Gasteiger partial charge < -0.3 is 4.90 Å². The number of benzene rings is 8. The van der Waals surface area contributed by atoms with E-state index in [0.29, 0.717) is 0 Å². The number of nitrogens with zero attached hydrogens (tertiary/aromatic N) is 1. The average molecular weight is 666 g/mol. The van der Waals surface area contributed by atoms with Crippen molar-refractivity contribution in [2.45, 2.75) is 19.3 Å². The molecule has 1 heteroatoms. The molecule has 52 heavy (non-hydrogen) atoms. The van der Waals surface area contributed by atoms with Crippen LogP contribution in [0, 0.1) is 0 Å². The highest BCUT2D eigenvalue weighted by molar-refractivity contribution is 5.90. The normalized spacial score (nSPS) is 12.6. The highest BCUT2D eigenvalue weighted by Crippen LogP contribution is 2.51. The van der Waals surface area contributed by atoms with Crippen LogP contribution in [0.3, 0.4) is 0 Å². The van der Waals surface area contributed by atoms with Crippen molar-refractivity contribution >= 4 is 17.1 Å². The molecule has 1 aliphatic rings. The summed E-state index contributed by atoms with van der Waals surface area (Å²) < 4.78 is 0. The molecule has 0 N–H and O–H groups in total. The largest absolute Gasteiger partial charge is 0.310 e. The van der Waals surface area contributed by atoms with E-state index in [1.165, 1.54) is 66.8 Å². The van der Waals surface area contributed by atoms with E-state index in [-0.39, 0.29) is 5.41 Å². The first-order valence-electron chi connectivity index (χ1n) is 18.1. The lowest BCUT2D eigenvalue weighted by Crippen LogP contribution is -2.16. The number of hydrogen-bond acceptors (Lipinski definition) is 1. The highest BCUT2D eigenvalue weighted by Gasteiger charge is 2.35. The Bertz CT molecular complexity index is 2500. The predicted molar refractivity (Wildman–Crippen MR) is 220 cm³/mol. The quantitative estimate of drug-likeness (QED) is 0.164. The summed E-state index contributed by atoms with van der Waals surface area (Å²) in [6.07, 6.45) is 0. The molecule has 0 bridgehead atoms. The third-order valence-electron chi connectivity index (χ3n) is 10.7. The fraction of sp³-hybridized carbons (Fsp3) is 0.0588. The third kappa shape index (κ3) is 5.61. The Hall–Kier alpha value is -6.44. The van der Waals surface area contributed by atoms with Crippen molar-refractivity contribution < 1.29 is 0 Å². The van der Waals surface area contributed by atoms with Crippen molar-refractivity contribution in [3.63, 3.8) is 0 Å². The molecule has 1 nitrogen and oxygen atoms in total. The summed E-state index contributed by atoms with van der Waals surface area (Å²) in [4.78, 5) is 2.42. The average Bonchev–Trinajstić information content (AvgIpc) is 3.45. The molecule has 0 aliphatic heterocycles. The number of rotatable bonds is 7. The lowest BCUT2D eigenvalue weighted by Gasteiger charge is -2.29. The van der Waals surface area contributed by atoms with Crippen LogP contribution in [-0.4, -0.2) is 0 Å². The first-order valence-corrected chi connectivity index (χ1v) is 18.1. The summed E-state index contributed by atoms with van der Waals surface area (Å²) in [7, 11) is 0. The van der Waals surface area contributed by atoms with Gasteiger partial charge in [0.1, 0.15) is 0 Å². The Balaban J connectivity index is 1.17. The van der Waals surface area contributed by atoms with E-state index in [1.54, 1.807) is 0 Å². The zero-order valence-corrected chi connectivity index (χ0v) is 29.5. The molecule has 0 fully saturated rings. The van der Waals surface area contributed by atoms with E-state index in [2.05, 4.69) is 219 Å². The molecule has 0 radical (unpaired) electrons. The number of anilines is 3. The van der Waals surface area contributed by atoms with Crippen LogP contribution in [-0.2, 0) is 5.41 Å². The molecule has 248 valence electrons. The zero-order valence-electron chi connectivity index (χ0n) is 29.5. The second-order valence-electron chi connectivity index (χ2n) is 14.2. The molecule has 8 aromatic rings. The minimum absolute atomic E-state index is 0.101. The Kier molecular flexibility index (Phi) is 7.90. The second-order valence-corrected chi connectivity index (χ2v) is 14.2. The lowest BCUT2D eigenvalue weighted by atomic mass is 9.82. The van der Waals surface area contributed by atoms with Crippen LogP contribution in [0.25, 0.3) is 55.6 Å². The molecule has 0 saturated heterocycles. The van der Waals surface area contributed by atoms with E-state index < -0.39 is 0 Å². The van der Waals surface area contributed by atoms with Crippen molar-refractivity contribution in [3.05, 3.63) is 211 Å². The zero-order chi connectivity index (χ0) is 35.1. The first kappa shape index (κ1) is 31.5. The minimum Gasteiger partial charge on any atom is -0.310 e. The second kappa shape index (κ2) is 13.0. The molecular formula is C51H39N. The fourth-order valence-electron chi connectivity index (χ4n) is 7.96. The molecule has 8 aromatic carbocycles. The maximum absolute atomic E-state index is 2.42. The van der Waals surface area contributed by atoms with Crippen LogP contribution in [0.4, 0.5) is 17.1 Å². The van der Waals surface area contributed by atoms with Gasteiger partial charge in [-0.25, -0.2) is 0 Å². The molecule has 0 saturated carbocycles.